The van der Waals surface area contributed by atoms with E-state index in [0.29, 0.717) is 6.54 Å². The summed E-state index contributed by atoms with van der Waals surface area (Å²) < 4.78 is 0. The van der Waals surface area contributed by atoms with Crippen LogP contribution in [0.5, 0.6) is 0 Å². The van der Waals surface area contributed by atoms with E-state index >= 15 is 0 Å². The molecule has 2 rings (SSSR count). The van der Waals surface area contributed by atoms with E-state index < -0.39 is 0 Å². The van der Waals surface area contributed by atoms with Gasteiger partial charge in [0.15, 0.2) is 0 Å². The Morgan fingerprint density at radius 2 is 2.11 bits per heavy atom. The Kier molecular flexibility index (Phi) is 4.16. The van der Waals surface area contributed by atoms with Crippen LogP contribution in [-0.2, 0) is 0 Å². The number of hydrogen-bond acceptors (Lipinski definition) is 2. The highest BCUT2D eigenvalue weighted by Crippen LogP contribution is 2.17. The molecule has 0 atom stereocenters. The zero-order chi connectivity index (χ0) is 12.6. The second kappa shape index (κ2) is 6.27. The summed E-state index contributed by atoms with van der Waals surface area (Å²) in [6.07, 6.45) is 6.51. The average Bonchev–Trinajstić information content (AvgIpc) is 2.93. The molecule has 5 heteroatoms. The lowest BCUT2D eigenvalue weighted by molar-refractivity contribution is 0.996. The van der Waals surface area contributed by atoms with E-state index in [1.165, 1.54) is 0 Å². The number of benzene rings is 1. The predicted octanol–water partition coefficient (Wildman–Crippen LogP) is 3.79. The van der Waals surface area contributed by atoms with Gasteiger partial charge in [-0.25, -0.2) is 0 Å². The van der Waals surface area contributed by atoms with Gasteiger partial charge in [0.2, 0.25) is 0 Å². The van der Waals surface area contributed by atoms with Gasteiger partial charge in [-0.1, -0.05) is 41.5 Å². The maximum Gasteiger partial charge on any atom is 0.0650 e. The Labute approximate surface area is 105 Å². The lowest BCUT2D eigenvalue weighted by Crippen LogP contribution is -1.79. The van der Waals surface area contributed by atoms with Crippen LogP contribution in [0.15, 0.2) is 47.7 Å². The van der Waals surface area contributed by atoms with Crippen molar-refractivity contribution in [3.8, 4) is 11.3 Å². The number of aromatic nitrogens is 2. The molecule has 1 N–H and O–H groups in total. The van der Waals surface area contributed by atoms with E-state index in [1.54, 1.807) is 6.20 Å². The van der Waals surface area contributed by atoms with Gasteiger partial charge in [-0.15, -0.1) is 0 Å². The van der Waals surface area contributed by atoms with Gasteiger partial charge in [-0.2, -0.15) is 5.10 Å². The van der Waals surface area contributed by atoms with Crippen LogP contribution in [0.3, 0.4) is 0 Å². The van der Waals surface area contributed by atoms with Crippen LogP contribution in [0.25, 0.3) is 27.8 Å². The van der Waals surface area contributed by atoms with E-state index in [9.17, 15) is 0 Å². The van der Waals surface area contributed by atoms with E-state index in [-0.39, 0.29) is 0 Å². The molecule has 0 unspecified atom stereocenters. The number of H-pyrrole nitrogens is 1. The third kappa shape index (κ3) is 3.23. The van der Waals surface area contributed by atoms with Crippen molar-refractivity contribution in [1.82, 2.24) is 10.2 Å². The highest BCUT2D eigenvalue weighted by Gasteiger charge is 1.97. The molecule has 0 aliphatic rings. The van der Waals surface area contributed by atoms with Gasteiger partial charge in [0.25, 0.3) is 0 Å². The Balaban J connectivity index is 1.97. The fraction of sp³-hybridized carbons (Fsp3) is 0.154. The third-order valence-corrected chi connectivity index (χ3v) is 2.49. The van der Waals surface area contributed by atoms with Crippen molar-refractivity contribution in [2.75, 3.05) is 6.54 Å². The highest BCUT2D eigenvalue weighted by atomic mass is 15.1. The largest absolute Gasteiger partial charge is 0.278 e. The number of hydrogen-bond donors (Lipinski definition) is 1. The minimum atomic E-state index is 0.499. The zero-order valence-electron chi connectivity index (χ0n) is 9.82. The van der Waals surface area contributed by atoms with Gasteiger partial charge in [0, 0.05) is 17.7 Å². The summed E-state index contributed by atoms with van der Waals surface area (Å²) in [4.78, 5) is 2.70. The molecule has 0 bridgehead atoms. The fourth-order valence-corrected chi connectivity index (χ4v) is 1.59. The zero-order valence-corrected chi connectivity index (χ0v) is 9.82. The molecular formula is C13H13N5. The van der Waals surface area contributed by atoms with E-state index in [4.69, 9.17) is 5.53 Å². The van der Waals surface area contributed by atoms with Crippen LogP contribution in [0.2, 0.25) is 0 Å². The van der Waals surface area contributed by atoms with Crippen LogP contribution < -0.4 is 0 Å². The SMILES string of the molecule is [N-]=[N+]=NCCC=Cc1ccc(-c2ccn[nH]2)cc1. The Bertz CT molecular complexity index is 548. The molecule has 0 saturated heterocycles. The summed E-state index contributed by atoms with van der Waals surface area (Å²) in [7, 11) is 0. The number of nitrogens with one attached hydrogen (secondary N) is 1. The van der Waals surface area contributed by atoms with Crippen molar-refractivity contribution in [3.05, 3.63) is 58.6 Å². The van der Waals surface area contributed by atoms with Gasteiger partial charge >= 0.3 is 0 Å². The molecule has 1 aromatic heterocycles. The van der Waals surface area contributed by atoms with E-state index in [1.807, 2.05) is 42.5 Å². The van der Waals surface area contributed by atoms with Crippen LogP contribution in [0.1, 0.15) is 12.0 Å². The summed E-state index contributed by atoms with van der Waals surface area (Å²) in [6, 6.07) is 10.1. The first-order valence-electron chi connectivity index (χ1n) is 5.67. The number of aromatic amines is 1. The van der Waals surface area contributed by atoms with Crippen molar-refractivity contribution in [1.29, 1.82) is 0 Å². The minimum Gasteiger partial charge on any atom is -0.278 e. The van der Waals surface area contributed by atoms with Crippen molar-refractivity contribution in [3.63, 3.8) is 0 Å². The smallest absolute Gasteiger partial charge is 0.0650 e. The van der Waals surface area contributed by atoms with Crippen molar-refractivity contribution in [2.24, 2.45) is 5.11 Å². The number of rotatable bonds is 5. The quantitative estimate of drug-likeness (QED) is 0.366. The first-order valence-corrected chi connectivity index (χ1v) is 5.67. The molecule has 0 fully saturated rings. The average molecular weight is 239 g/mol. The highest BCUT2D eigenvalue weighted by molar-refractivity contribution is 5.61. The Morgan fingerprint density at radius 1 is 1.28 bits per heavy atom. The van der Waals surface area contributed by atoms with Gasteiger partial charge in [-0.05, 0) is 29.1 Å². The Hall–Kier alpha value is -2.52. The second-order valence-corrected chi connectivity index (χ2v) is 3.74. The normalized spacial score (nSPS) is 10.4. The van der Waals surface area contributed by atoms with Crippen LogP contribution >= 0.6 is 0 Å². The summed E-state index contributed by atoms with van der Waals surface area (Å²) in [5.41, 5.74) is 11.4. The molecule has 1 heterocycles. The predicted molar refractivity (Wildman–Crippen MR) is 71.7 cm³/mol. The summed E-state index contributed by atoms with van der Waals surface area (Å²) in [6.45, 7) is 0.499. The number of nitrogens with zero attached hydrogens (tertiary/aromatic N) is 4. The van der Waals surface area contributed by atoms with Crippen LogP contribution in [0.4, 0.5) is 0 Å². The topological polar surface area (TPSA) is 77.4 Å². The monoisotopic (exact) mass is 239 g/mol. The molecule has 1 aromatic carbocycles. The Morgan fingerprint density at radius 3 is 2.78 bits per heavy atom. The molecule has 2 aromatic rings. The molecule has 0 spiro atoms. The first-order chi connectivity index (χ1) is 8.90. The summed E-state index contributed by atoms with van der Waals surface area (Å²) in [5.74, 6) is 0. The van der Waals surface area contributed by atoms with Gasteiger partial charge in [0.05, 0.1) is 5.69 Å². The lowest BCUT2D eigenvalue weighted by atomic mass is 10.1. The maximum atomic E-state index is 8.13. The van der Waals surface area contributed by atoms with E-state index in [0.717, 1.165) is 23.2 Å². The van der Waals surface area contributed by atoms with Gasteiger partial charge < -0.3 is 0 Å². The van der Waals surface area contributed by atoms with Gasteiger partial charge in [0.1, 0.15) is 0 Å². The van der Waals surface area contributed by atoms with E-state index in [2.05, 4.69) is 20.2 Å². The molecule has 0 aliphatic heterocycles. The van der Waals surface area contributed by atoms with Crippen LogP contribution in [-0.4, -0.2) is 16.7 Å². The number of azide groups is 1. The molecule has 0 amide bonds. The fourth-order valence-electron chi connectivity index (χ4n) is 1.59. The minimum absolute atomic E-state index is 0.499. The lowest BCUT2D eigenvalue weighted by Gasteiger charge is -1.98. The molecule has 0 radical (unpaired) electrons. The maximum absolute atomic E-state index is 8.13. The van der Waals surface area contributed by atoms with Crippen molar-refractivity contribution >= 4 is 6.08 Å². The molecule has 0 aliphatic carbocycles. The van der Waals surface area contributed by atoms with Gasteiger partial charge in [-0.3, -0.25) is 5.10 Å². The third-order valence-electron chi connectivity index (χ3n) is 2.49. The molecular weight excluding hydrogens is 226 g/mol. The summed E-state index contributed by atoms with van der Waals surface area (Å²) in [5, 5.41) is 10.3. The molecule has 90 valence electrons. The van der Waals surface area contributed by atoms with Crippen molar-refractivity contribution in [2.45, 2.75) is 6.42 Å². The summed E-state index contributed by atoms with van der Waals surface area (Å²) >= 11 is 0. The standard InChI is InChI=1S/C13H13N5/c14-18-16-9-2-1-3-11-4-6-12(7-5-11)13-8-10-15-17-13/h1,3-8,10H,2,9H2,(H,15,17). The molecule has 0 saturated carbocycles. The first kappa shape index (κ1) is 12.0. The second-order valence-electron chi connectivity index (χ2n) is 3.74. The molecule has 18 heavy (non-hydrogen) atoms. The van der Waals surface area contributed by atoms with Crippen LogP contribution in [0, 0.1) is 0 Å². The van der Waals surface area contributed by atoms with Crippen molar-refractivity contribution < 1.29 is 0 Å². The molecule has 5 nitrogen and oxygen atoms in total.